The first kappa shape index (κ1) is 21.7. The lowest BCUT2D eigenvalue weighted by Gasteiger charge is -2.31. The smallest absolute Gasteiger partial charge is 0.383 e. The number of hydrogen-bond acceptors (Lipinski definition) is 6. The van der Waals surface area contributed by atoms with Crippen molar-refractivity contribution >= 4 is 5.91 Å². The molecule has 2 saturated heterocycles. The third-order valence-electron chi connectivity index (χ3n) is 6.12. The van der Waals surface area contributed by atoms with Gasteiger partial charge in [0.15, 0.2) is 5.82 Å². The fourth-order valence-electron chi connectivity index (χ4n) is 4.39. The molecule has 1 spiro atoms. The van der Waals surface area contributed by atoms with E-state index in [1.807, 2.05) is 0 Å². The number of amides is 1. The van der Waals surface area contributed by atoms with Crippen LogP contribution in [-0.2, 0) is 33.5 Å². The standard InChI is InChI=1S/C20H24F3N5O3/c1-30-11-8-28-17(24-25-26-28)16-12-19(6-9-31-10-7-19)18(29)27(16)13-14-2-4-15(5-3-14)20(21,22)23/h2-5,16H,6-13H2,1H3. The van der Waals surface area contributed by atoms with Gasteiger partial charge in [0, 0.05) is 26.9 Å². The lowest BCUT2D eigenvalue weighted by molar-refractivity contribution is -0.142. The number of methoxy groups -OCH3 is 1. The molecule has 0 radical (unpaired) electrons. The van der Waals surface area contributed by atoms with E-state index in [1.54, 1.807) is 16.7 Å². The lowest BCUT2D eigenvalue weighted by Crippen LogP contribution is -2.38. The molecule has 1 unspecified atom stereocenters. The van der Waals surface area contributed by atoms with Crippen LogP contribution in [0.3, 0.4) is 0 Å². The van der Waals surface area contributed by atoms with Crippen LogP contribution < -0.4 is 0 Å². The Hall–Kier alpha value is -2.53. The van der Waals surface area contributed by atoms with Crippen molar-refractivity contribution in [3.63, 3.8) is 0 Å². The predicted molar refractivity (Wildman–Crippen MR) is 102 cm³/mol. The molecule has 4 rings (SSSR count). The number of nitrogens with zero attached hydrogens (tertiary/aromatic N) is 5. The van der Waals surface area contributed by atoms with E-state index in [1.165, 1.54) is 12.1 Å². The van der Waals surface area contributed by atoms with Crippen LogP contribution in [0.2, 0.25) is 0 Å². The van der Waals surface area contributed by atoms with Crippen LogP contribution in [-0.4, -0.2) is 57.9 Å². The monoisotopic (exact) mass is 439 g/mol. The van der Waals surface area contributed by atoms with E-state index in [9.17, 15) is 18.0 Å². The number of benzene rings is 1. The summed E-state index contributed by atoms with van der Waals surface area (Å²) in [7, 11) is 1.58. The van der Waals surface area contributed by atoms with Gasteiger partial charge in [0.2, 0.25) is 5.91 Å². The number of carbonyl (C=O) groups is 1. The average Bonchev–Trinajstić information content (AvgIpc) is 3.31. The van der Waals surface area contributed by atoms with E-state index in [4.69, 9.17) is 9.47 Å². The summed E-state index contributed by atoms with van der Waals surface area (Å²) in [6, 6.07) is 4.53. The summed E-state index contributed by atoms with van der Waals surface area (Å²) in [6.45, 7) is 2.04. The van der Waals surface area contributed by atoms with Crippen molar-refractivity contribution < 1.29 is 27.4 Å². The molecule has 0 saturated carbocycles. The Labute approximate surface area is 177 Å². The van der Waals surface area contributed by atoms with Crippen LogP contribution in [0.1, 0.15) is 42.3 Å². The van der Waals surface area contributed by atoms with Crippen molar-refractivity contribution in [1.82, 2.24) is 25.1 Å². The molecule has 3 heterocycles. The van der Waals surface area contributed by atoms with Crippen LogP contribution >= 0.6 is 0 Å². The Kier molecular flexibility index (Phi) is 5.98. The quantitative estimate of drug-likeness (QED) is 0.688. The van der Waals surface area contributed by atoms with Gasteiger partial charge in [0.05, 0.1) is 30.2 Å². The van der Waals surface area contributed by atoms with Crippen molar-refractivity contribution in [3.05, 3.63) is 41.2 Å². The minimum atomic E-state index is -4.40. The number of alkyl halides is 3. The maximum absolute atomic E-state index is 13.5. The minimum Gasteiger partial charge on any atom is -0.383 e. The number of hydrogen-bond donors (Lipinski definition) is 0. The first-order valence-corrected chi connectivity index (χ1v) is 10.1. The van der Waals surface area contributed by atoms with Gasteiger partial charge in [0.25, 0.3) is 0 Å². The molecule has 8 nitrogen and oxygen atoms in total. The predicted octanol–water partition coefficient (Wildman–Crippen LogP) is 2.61. The molecule has 31 heavy (non-hydrogen) atoms. The van der Waals surface area contributed by atoms with Gasteiger partial charge in [-0.05, 0) is 47.4 Å². The van der Waals surface area contributed by atoms with Gasteiger partial charge in [-0.15, -0.1) is 5.10 Å². The highest BCUT2D eigenvalue weighted by Gasteiger charge is 2.53. The number of likely N-dealkylation sites (tertiary alicyclic amines) is 1. The maximum Gasteiger partial charge on any atom is 0.416 e. The molecule has 11 heteroatoms. The SMILES string of the molecule is COCCn1nnnc1C1CC2(CCOCC2)C(=O)N1Cc1ccc(C(F)(F)F)cc1. The molecule has 0 bridgehead atoms. The topological polar surface area (TPSA) is 82.4 Å². The van der Waals surface area contributed by atoms with Gasteiger partial charge < -0.3 is 14.4 Å². The summed E-state index contributed by atoms with van der Waals surface area (Å²) in [4.78, 5) is 15.2. The Morgan fingerprint density at radius 2 is 1.94 bits per heavy atom. The Morgan fingerprint density at radius 1 is 1.23 bits per heavy atom. The molecule has 2 fully saturated rings. The highest BCUT2D eigenvalue weighted by Crippen LogP contribution is 2.49. The normalized spacial score (nSPS) is 21.2. The zero-order valence-corrected chi connectivity index (χ0v) is 17.1. The molecule has 1 amide bonds. The molecular weight excluding hydrogens is 415 g/mol. The van der Waals surface area contributed by atoms with Crippen molar-refractivity contribution in [3.8, 4) is 0 Å². The number of ether oxygens (including phenoxy) is 2. The van der Waals surface area contributed by atoms with E-state index >= 15 is 0 Å². The van der Waals surface area contributed by atoms with Gasteiger partial charge >= 0.3 is 6.18 Å². The van der Waals surface area contributed by atoms with Crippen molar-refractivity contribution in [2.75, 3.05) is 26.9 Å². The highest BCUT2D eigenvalue weighted by atomic mass is 19.4. The van der Waals surface area contributed by atoms with Crippen LogP contribution in [0, 0.1) is 5.41 Å². The fourth-order valence-corrected chi connectivity index (χ4v) is 4.39. The summed E-state index contributed by atoms with van der Waals surface area (Å²) in [5.74, 6) is 0.530. The highest BCUT2D eigenvalue weighted by molar-refractivity contribution is 5.85. The number of aromatic nitrogens is 4. The third kappa shape index (κ3) is 4.29. The average molecular weight is 439 g/mol. The molecule has 0 aliphatic carbocycles. The zero-order chi connectivity index (χ0) is 22.1. The molecule has 2 aliphatic heterocycles. The van der Waals surface area contributed by atoms with Crippen LogP contribution in [0.5, 0.6) is 0 Å². The Morgan fingerprint density at radius 3 is 2.58 bits per heavy atom. The summed E-state index contributed by atoms with van der Waals surface area (Å²) in [6.07, 6.45) is -2.65. The second-order valence-electron chi connectivity index (χ2n) is 7.99. The third-order valence-corrected chi connectivity index (χ3v) is 6.12. The summed E-state index contributed by atoms with van der Waals surface area (Å²) in [5, 5.41) is 12.0. The van der Waals surface area contributed by atoms with E-state index in [-0.39, 0.29) is 18.5 Å². The fraction of sp³-hybridized carbons (Fsp3) is 0.600. The lowest BCUT2D eigenvalue weighted by atomic mass is 9.77. The molecule has 1 atom stereocenters. The summed E-state index contributed by atoms with van der Waals surface area (Å²) < 4.78 is 50.9. The Bertz CT molecular complexity index is 910. The van der Waals surface area contributed by atoms with Crippen LogP contribution in [0.15, 0.2) is 24.3 Å². The van der Waals surface area contributed by atoms with Crippen molar-refractivity contribution in [2.24, 2.45) is 5.41 Å². The van der Waals surface area contributed by atoms with Crippen LogP contribution in [0.4, 0.5) is 13.2 Å². The van der Waals surface area contributed by atoms with E-state index < -0.39 is 17.2 Å². The zero-order valence-electron chi connectivity index (χ0n) is 17.1. The van der Waals surface area contributed by atoms with Gasteiger partial charge in [-0.3, -0.25) is 4.79 Å². The number of carbonyl (C=O) groups excluding carboxylic acids is 1. The molecule has 1 aromatic carbocycles. The number of halogens is 3. The Balaban J connectivity index is 1.63. The molecule has 1 aromatic heterocycles. The minimum absolute atomic E-state index is 0.0259. The van der Waals surface area contributed by atoms with Gasteiger partial charge in [0.1, 0.15) is 0 Å². The second kappa shape index (κ2) is 8.54. The molecule has 0 N–H and O–H groups in total. The number of tetrazole rings is 1. The first-order chi connectivity index (χ1) is 14.8. The van der Waals surface area contributed by atoms with Gasteiger partial charge in [-0.2, -0.15) is 13.2 Å². The first-order valence-electron chi connectivity index (χ1n) is 10.1. The second-order valence-corrected chi connectivity index (χ2v) is 7.99. The van der Waals surface area contributed by atoms with Crippen molar-refractivity contribution in [1.29, 1.82) is 0 Å². The van der Waals surface area contributed by atoms with Gasteiger partial charge in [-0.1, -0.05) is 12.1 Å². The van der Waals surface area contributed by atoms with Gasteiger partial charge in [-0.25, -0.2) is 4.68 Å². The number of rotatable bonds is 6. The molecule has 2 aromatic rings. The summed E-state index contributed by atoms with van der Waals surface area (Å²) >= 11 is 0. The van der Waals surface area contributed by atoms with E-state index in [0.717, 1.165) is 12.1 Å². The summed E-state index contributed by atoms with van der Waals surface area (Å²) in [5.41, 5.74) is -0.663. The molecular formula is C20H24F3N5O3. The van der Waals surface area contributed by atoms with E-state index in [2.05, 4.69) is 15.5 Å². The maximum atomic E-state index is 13.5. The molecule has 168 valence electrons. The molecule has 2 aliphatic rings. The van der Waals surface area contributed by atoms with Crippen molar-refractivity contribution in [2.45, 2.75) is 44.6 Å². The van der Waals surface area contributed by atoms with E-state index in [0.29, 0.717) is 57.0 Å². The largest absolute Gasteiger partial charge is 0.416 e. The van der Waals surface area contributed by atoms with Crippen LogP contribution in [0.25, 0.3) is 0 Å².